The molecular weight excluding hydrogens is 172 g/mol. The minimum atomic E-state index is -0.211. The van der Waals surface area contributed by atoms with Crippen molar-refractivity contribution in [3.8, 4) is 11.8 Å². The molecule has 1 heteroatoms. The molecule has 2 aliphatic carbocycles. The van der Waals surface area contributed by atoms with E-state index in [1.807, 2.05) is 0 Å². The van der Waals surface area contributed by atoms with Crippen molar-refractivity contribution in [1.82, 2.24) is 0 Å². The predicted octanol–water partition coefficient (Wildman–Crippen LogP) is 2.57. The lowest BCUT2D eigenvalue weighted by molar-refractivity contribution is -0.125. The van der Waals surface area contributed by atoms with Crippen molar-refractivity contribution >= 4 is 5.78 Å². The smallest absolute Gasteiger partial charge is 0.211 e. The summed E-state index contributed by atoms with van der Waals surface area (Å²) in [5, 5.41) is 0. The Balaban J connectivity index is 2.37. The summed E-state index contributed by atoms with van der Waals surface area (Å²) in [7, 11) is 0. The molecule has 0 aromatic carbocycles. The minimum Gasteiger partial charge on any atom is -0.284 e. The maximum Gasteiger partial charge on any atom is 0.211 e. The van der Waals surface area contributed by atoms with E-state index in [1.165, 1.54) is 0 Å². The molecule has 14 heavy (non-hydrogen) atoms. The highest BCUT2D eigenvalue weighted by Crippen LogP contribution is 2.43. The van der Waals surface area contributed by atoms with E-state index in [1.54, 1.807) is 0 Å². The van der Waals surface area contributed by atoms with Gasteiger partial charge in [-0.1, -0.05) is 31.9 Å². The second kappa shape index (κ2) is 3.28. The maximum absolute atomic E-state index is 11.9. The van der Waals surface area contributed by atoms with Crippen LogP contribution in [0.3, 0.4) is 0 Å². The predicted molar refractivity (Wildman–Crippen MR) is 56.5 cm³/mol. The highest BCUT2D eigenvalue weighted by Gasteiger charge is 2.42. The number of allylic oxidation sites excluding steroid dienone is 2. The third-order valence-electron chi connectivity index (χ3n) is 3.54. The molecule has 74 valence electrons. The molecule has 0 aromatic heterocycles. The molecular formula is C13H16O. The van der Waals surface area contributed by atoms with E-state index >= 15 is 0 Å². The molecule has 0 aromatic rings. The van der Waals surface area contributed by atoms with Gasteiger partial charge in [0.05, 0.1) is 0 Å². The molecule has 0 radical (unpaired) electrons. The highest BCUT2D eigenvalue weighted by atomic mass is 16.1. The van der Waals surface area contributed by atoms with E-state index in [2.05, 4.69) is 37.8 Å². The second-order valence-electron chi connectivity index (χ2n) is 4.76. The third-order valence-corrected chi connectivity index (χ3v) is 3.54. The van der Waals surface area contributed by atoms with Gasteiger partial charge < -0.3 is 0 Å². The van der Waals surface area contributed by atoms with Crippen molar-refractivity contribution in [2.75, 3.05) is 0 Å². The van der Waals surface area contributed by atoms with Crippen molar-refractivity contribution in [2.45, 2.75) is 33.1 Å². The molecule has 0 heterocycles. The molecule has 0 N–H and O–H groups in total. The van der Waals surface area contributed by atoms with Gasteiger partial charge in [0.1, 0.15) is 0 Å². The van der Waals surface area contributed by atoms with E-state index in [-0.39, 0.29) is 11.2 Å². The first kappa shape index (κ1) is 9.52. The fourth-order valence-corrected chi connectivity index (χ4v) is 2.61. The van der Waals surface area contributed by atoms with Gasteiger partial charge in [-0.05, 0) is 30.6 Å². The van der Waals surface area contributed by atoms with Gasteiger partial charge in [0.2, 0.25) is 5.78 Å². The number of Topliss-reactive ketones (excluding diaryl/α,β-unsaturated/α-hetero) is 1. The highest BCUT2D eigenvalue weighted by molar-refractivity contribution is 6.00. The van der Waals surface area contributed by atoms with Crippen LogP contribution in [-0.2, 0) is 4.79 Å². The Labute approximate surface area is 85.6 Å². The zero-order valence-corrected chi connectivity index (χ0v) is 8.84. The number of carbonyl (C=O) groups is 1. The molecule has 0 saturated heterocycles. The molecule has 0 amide bonds. The first-order chi connectivity index (χ1) is 6.63. The Kier molecular flexibility index (Phi) is 2.23. The van der Waals surface area contributed by atoms with Crippen LogP contribution in [-0.4, -0.2) is 5.78 Å². The van der Waals surface area contributed by atoms with Gasteiger partial charge in [0, 0.05) is 11.8 Å². The van der Waals surface area contributed by atoms with Crippen LogP contribution in [0.4, 0.5) is 0 Å². The summed E-state index contributed by atoms with van der Waals surface area (Å²) in [6.45, 7) is 4.25. The minimum absolute atomic E-state index is 0.149. The van der Waals surface area contributed by atoms with Crippen molar-refractivity contribution in [2.24, 2.45) is 17.3 Å². The zero-order valence-electron chi connectivity index (χ0n) is 8.84. The summed E-state index contributed by atoms with van der Waals surface area (Å²) in [4.78, 5) is 11.9. The average Bonchev–Trinajstić information content (AvgIpc) is 2.26. The van der Waals surface area contributed by atoms with Crippen LogP contribution in [0.25, 0.3) is 0 Å². The molecule has 2 aliphatic rings. The van der Waals surface area contributed by atoms with E-state index in [9.17, 15) is 4.79 Å². The van der Waals surface area contributed by atoms with Gasteiger partial charge in [-0.25, -0.2) is 0 Å². The van der Waals surface area contributed by atoms with Gasteiger partial charge in [0.15, 0.2) is 0 Å². The molecule has 0 unspecified atom stereocenters. The Morgan fingerprint density at radius 2 is 2.29 bits per heavy atom. The lowest BCUT2D eigenvalue weighted by atomic mass is 9.65. The molecule has 0 saturated carbocycles. The first-order valence-electron chi connectivity index (χ1n) is 5.34. The first-order valence-corrected chi connectivity index (χ1v) is 5.34. The SMILES string of the molecule is C[C@@H]1C=C[C@@H]2CCC#CC(=O)[C@]2(C)C1. The Morgan fingerprint density at radius 1 is 1.50 bits per heavy atom. The quantitative estimate of drug-likeness (QED) is 0.324. The van der Waals surface area contributed by atoms with Crippen molar-refractivity contribution < 1.29 is 4.79 Å². The standard InChI is InChI=1S/C13H16O/c1-10-7-8-11-5-3-4-6-12(14)13(11,2)9-10/h7-8,10-11H,3,5,9H2,1-2H3/t10-,11+,13-/m1/s1. The maximum atomic E-state index is 11.9. The number of ketones is 1. The largest absolute Gasteiger partial charge is 0.284 e. The topological polar surface area (TPSA) is 17.1 Å². The molecule has 0 spiro atoms. The molecule has 3 atom stereocenters. The summed E-state index contributed by atoms with van der Waals surface area (Å²) in [5.74, 6) is 6.80. The fraction of sp³-hybridized carbons (Fsp3) is 0.615. The molecule has 0 bridgehead atoms. The summed E-state index contributed by atoms with van der Waals surface area (Å²) in [5.41, 5.74) is -0.211. The number of rotatable bonds is 0. The van der Waals surface area contributed by atoms with E-state index in [0.717, 1.165) is 19.3 Å². The zero-order chi connectivity index (χ0) is 10.2. The second-order valence-corrected chi connectivity index (χ2v) is 4.76. The van der Waals surface area contributed by atoms with Crippen LogP contribution in [0, 0.1) is 29.1 Å². The number of fused-ring (bicyclic) bond motifs is 1. The van der Waals surface area contributed by atoms with Gasteiger partial charge >= 0.3 is 0 Å². The average molecular weight is 188 g/mol. The van der Waals surface area contributed by atoms with Crippen LogP contribution in [0.2, 0.25) is 0 Å². The van der Waals surface area contributed by atoms with E-state index in [0.29, 0.717) is 11.8 Å². The van der Waals surface area contributed by atoms with Gasteiger partial charge in [-0.15, -0.1) is 0 Å². The monoisotopic (exact) mass is 188 g/mol. The van der Waals surface area contributed by atoms with Gasteiger partial charge in [0.25, 0.3) is 0 Å². The summed E-state index contributed by atoms with van der Waals surface area (Å²) in [6.07, 6.45) is 7.33. The van der Waals surface area contributed by atoms with Crippen LogP contribution < -0.4 is 0 Å². The Bertz CT molecular complexity index is 342. The normalized spacial score (nSPS) is 40.9. The molecule has 0 aliphatic heterocycles. The third kappa shape index (κ3) is 1.39. The van der Waals surface area contributed by atoms with Crippen LogP contribution in [0.1, 0.15) is 33.1 Å². The van der Waals surface area contributed by atoms with Gasteiger partial charge in [-0.3, -0.25) is 4.79 Å². The van der Waals surface area contributed by atoms with Crippen LogP contribution in [0.15, 0.2) is 12.2 Å². The van der Waals surface area contributed by atoms with Gasteiger partial charge in [-0.2, -0.15) is 0 Å². The lowest BCUT2D eigenvalue weighted by Gasteiger charge is -2.37. The fourth-order valence-electron chi connectivity index (χ4n) is 2.61. The van der Waals surface area contributed by atoms with Crippen LogP contribution in [0.5, 0.6) is 0 Å². The van der Waals surface area contributed by atoms with E-state index in [4.69, 9.17) is 0 Å². The molecule has 1 nitrogen and oxygen atoms in total. The molecule has 2 rings (SSSR count). The summed E-state index contributed by atoms with van der Waals surface area (Å²) >= 11 is 0. The van der Waals surface area contributed by atoms with E-state index < -0.39 is 0 Å². The van der Waals surface area contributed by atoms with Crippen LogP contribution >= 0.6 is 0 Å². The number of carbonyl (C=O) groups excluding carboxylic acids is 1. The Morgan fingerprint density at radius 3 is 3.07 bits per heavy atom. The lowest BCUT2D eigenvalue weighted by Crippen LogP contribution is -2.37. The summed E-state index contributed by atoms with van der Waals surface area (Å²) < 4.78 is 0. The number of hydrogen-bond acceptors (Lipinski definition) is 1. The van der Waals surface area contributed by atoms with Crippen molar-refractivity contribution in [3.63, 3.8) is 0 Å². The summed E-state index contributed by atoms with van der Waals surface area (Å²) in [6, 6.07) is 0. The number of hydrogen-bond donors (Lipinski definition) is 0. The Hall–Kier alpha value is -1.03. The van der Waals surface area contributed by atoms with Crippen molar-refractivity contribution in [3.05, 3.63) is 12.2 Å². The van der Waals surface area contributed by atoms with Crippen molar-refractivity contribution in [1.29, 1.82) is 0 Å². The molecule has 0 fully saturated rings.